The quantitative estimate of drug-likeness (QED) is 0.389. The molecule has 0 bridgehead atoms. The third-order valence-corrected chi connectivity index (χ3v) is 6.78. The number of carbonyl (C=O) groups is 5. The van der Waals surface area contributed by atoms with Crippen LogP contribution in [0.1, 0.15) is 80.0 Å². The van der Waals surface area contributed by atoms with Gasteiger partial charge in [0.2, 0.25) is 11.8 Å². The van der Waals surface area contributed by atoms with E-state index in [0.717, 1.165) is 30.6 Å². The lowest BCUT2D eigenvalue weighted by atomic mass is 10.0. The van der Waals surface area contributed by atoms with E-state index >= 15 is 0 Å². The number of benzene rings is 1. The van der Waals surface area contributed by atoms with Crippen LogP contribution in [0.25, 0.3) is 0 Å². The summed E-state index contributed by atoms with van der Waals surface area (Å²) in [6.07, 6.45) is 3.38. The van der Waals surface area contributed by atoms with Crippen molar-refractivity contribution >= 4 is 35.4 Å². The number of ether oxygens (including phenoxy) is 2. The average Bonchev–Trinajstić information content (AvgIpc) is 3.11. The summed E-state index contributed by atoms with van der Waals surface area (Å²) in [7, 11) is 0. The molecule has 5 amide bonds. The second-order valence-corrected chi connectivity index (χ2v) is 10.9. The van der Waals surface area contributed by atoms with Crippen molar-refractivity contribution in [1.82, 2.24) is 15.1 Å². The van der Waals surface area contributed by atoms with E-state index in [1.165, 1.54) is 0 Å². The molecule has 0 radical (unpaired) electrons. The molecule has 0 spiro atoms. The van der Waals surface area contributed by atoms with Crippen molar-refractivity contribution in [3.8, 4) is 0 Å². The minimum absolute atomic E-state index is 0.0245. The summed E-state index contributed by atoms with van der Waals surface area (Å²) in [4.78, 5) is 64.9. The minimum Gasteiger partial charge on any atom is -0.444 e. The lowest BCUT2D eigenvalue weighted by molar-refractivity contribution is -0.136. The summed E-state index contributed by atoms with van der Waals surface area (Å²) in [6.45, 7) is 7.69. The van der Waals surface area contributed by atoms with Crippen LogP contribution in [-0.2, 0) is 19.1 Å². The Morgan fingerprint density at radius 3 is 2.66 bits per heavy atom. The molecule has 3 aliphatic rings. The topological polar surface area (TPSA) is 134 Å². The van der Waals surface area contributed by atoms with Crippen LogP contribution in [0.3, 0.4) is 0 Å². The molecule has 0 aromatic heterocycles. The van der Waals surface area contributed by atoms with Gasteiger partial charge in [-0.3, -0.25) is 29.4 Å². The van der Waals surface area contributed by atoms with Crippen molar-refractivity contribution in [2.75, 3.05) is 31.6 Å². The van der Waals surface area contributed by atoms with Crippen LogP contribution in [0.5, 0.6) is 0 Å². The highest BCUT2D eigenvalue weighted by Crippen LogP contribution is 2.32. The van der Waals surface area contributed by atoms with E-state index in [4.69, 9.17) is 9.47 Å². The SMILES string of the molecule is CC(C)(C)OC(=O)N1CCO[C@H](CCCCCNc2cccc3c2C(=O)N(C2CCC(=O)NC2=O)C3=O)C1. The van der Waals surface area contributed by atoms with Gasteiger partial charge in [-0.05, 0) is 52.2 Å². The Bertz CT molecular complexity index is 1110. The van der Waals surface area contributed by atoms with Crippen molar-refractivity contribution in [2.24, 2.45) is 0 Å². The lowest BCUT2D eigenvalue weighted by Crippen LogP contribution is -2.54. The van der Waals surface area contributed by atoms with Crippen molar-refractivity contribution in [3.63, 3.8) is 0 Å². The number of amides is 5. The van der Waals surface area contributed by atoms with Crippen LogP contribution < -0.4 is 10.6 Å². The fourth-order valence-electron chi connectivity index (χ4n) is 4.95. The van der Waals surface area contributed by atoms with Crippen LogP contribution in [0.2, 0.25) is 0 Å². The van der Waals surface area contributed by atoms with Crippen molar-refractivity contribution in [3.05, 3.63) is 29.3 Å². The number of rotatable bonds is 8. The number of nitrogens with one attached hydrogen (secondary N) is 2. The summed E-state index contributed by atoms with van der Waals surface area (Å²) in [5.41, 5.74) is 0.547. The first kappa shape index (κ1) is 27.6. The van der Waals surface area contributed by atoms with Crippen LogP contribution in [-0.4, -0.2) is 83.5 Å². The first-order valence-electron chi connectivity index (χ1n) is 13.2. The van der Waals surface area contributed by atoms with Gasteiger partial charge in [-0.15, -0.1) is 0 Å². The average molecular weight is 529 g/mol. The van der Waals surface area contributed by atoms with E-state index in [1.54, 1.807) is 23.1 Å². The highest BCUT2D eigenvalue weighted by molar-refractivity contribution is 6.25. The summed E-state index contributed by atoms with van der Waals surface area (Å²) in [5, 5.41) is 5.47. The van der Waals surface area contributed by atoms with E-state index in [2.05, 4.69) is 10.6 Å². The summed E-state index contributed by atoms with van der Waals surface area (Å²) in [5.74, 6) is -2.07. The monoisotopic (exact) mass is 528 g/mol. The standard InChI is InChI=1S/C27H36N4O7/c1-27(2,3)38-26(36)30-14-15-37-17(16-30)8-5-4-6-13-28-19-10-7-9-18-22(19)25(35)31(24(18)34)20-11-12-21(32)29-23(20)33/h7,9-10,17,20,28H,4-6,8,11-16H2,1-3H3,(H,29,32,33)/t17-,20?/m1/s1. The molecule has 1 unspecified atom stereocenters. The minimum atomic E-state index is -0.985. The normalized spacial score (nSPS) is 21.9. The predicted molar refractivity (Wildman–Crippen MR) is 138 cm³/mol. The lowest BCUT2D eigenvalue weighted by Gasteiger charge is -2.34. The molecule has 11 nitrogen and oxygen atoms in total. The second-order valence-electron chi connectivity index (χ2n) is 10.9. The number of piperidine rings is 1. The third-order valence-electron chi connectivity index (χ3n) is 6.78. The fraction of sp³-hybridized carbons (Fsp3) is 0.593. The zero-order valence-corrected chi connectivity index (χ0v) is 22.2. The van der Waals surface area contributed by atoms with E-state index in [0.29, 0.717) is 31.9 Å². The number of carbonyl (C=O) groups excluding carboxylic acids is 5. The van der Waals surface area contributed by atoms with Crippen LogP contribution in [0.4, 0.5) is 10.5 Å². The Labute approximate surface area is 222 Å². The number of nitrogens with zero attached hydrogens (tertiary/aromatic N) is 2. The van der Waals surface area contributed by atoms with Gasteiger partial charge in [0.1, 0.15) is 11.6 Å². The number of morpholine rings is 1. The highest BCUT2D eigenvalue weighted by Gasteiger charge is 2.45. The summed E-state index contributed by atoms with van der Waals surface area (Å²) in [6, 6.07) is 4.05. The number of hydrogen-bond donors (Lipinski definition) is 2. The smallest absolute Gasteiger partial charge is 0.410 e. The molecular weight excluding hydrogens is 492 g/mol. The Kier molecular flexibility index (Phi) is 8.35. The van der Waals surface area contributed by atoms with E-state index in [1.807, 2.05) is 20.8 Å². The molecule has 3 heterocycles. The van der Waals surface area contributed by atoms with Gasteiger partial charge in [0.25, 0.3) is 11.8 Å². The molecule has 206 valence electrons. The molecule has 0 saturated carbocycles. The van der Waals surface area contributed by atoms with Gasteiger partial charge >= 0.3 is 6.09 Å². The zero-order chi connectivity index (χ0) is 27.4. The van der Waals surface area contributed by atoms with E-state index in [9.17, 15) is 24.0 Å². The molecule has 0 aliphatic carbocycles. The molecule has 11 heteroatoms. The number of hydrogen-bond acceptors (Lipinski definition) is 8. The highest BCUT2D eigenvalue weighted by atomic mass is 16.6. The predicted octanol–water partition coefficient (Wildman–Crippen LogP) is 2.70. The number of imide groups is 2. The first-order valence-corrected chi connectivity index (χ1v) is 13.2. The van der Waals surface area contributed by atoms with Crippen LogP contribution >= 0.6 is 0 Å². The Balaban J connectivity index is 1.24. The van der Waals surface area contributed by atoms with Crippen molar-refractivity contribution < 1.29 is 33.4 Å². The van der Waals surface area contributed by atoms with E-state index < -0.39 is 35.3 Å². The maximum absolute atomic E-state index is 13.2. The maximum Gasteiger partial charge on any atom is 0.410 e. The number of unbranched alkanes of at least 4 members (excludes halogenated alkanes) is 2. The first-order chi connectivity index (χ1) is 18.0. The van der Waals surface area contributed by atoms with Gasteiger partial charge < -0.3 is 19.7 Å². The largest absolute Gasteiger partial charge is 0.444 e. The van der Waals surface area contributed by atoms with Gasteiger partial charge in [-0.1, -0.05) is 18.9 Å². The molecule has 3 aliphatic heterocycles. The van der Waals surface area contributed by atoms with Crippen LogP contribution in [0.15, 0.2) is 18.2 Å². The van der Waals surface area contributed by atoms with Crippen LogP contribution in [0, 0.1) is 0 Å². The van der Waals surface area contributed by atoms with Crippen molar-refractivity contribution in [1.29, 1.82) is 0 Å². The number of anilines is 1. The maximum atomic E-state index is 13.2. The van der Waals surface area contributed by atoms with E-state index in [-0.39, 0.29) is 36.2 Å². The molecule has 2 N–H and O–H groups in total. The molecule has 1 aromatic carbocycles. The Morgan fingerprint density at radius 2 is 1.92 bits per heavy atom. The zero-order valence-electron chi connectivity index (χ0n) is 22.2. The fourth-order valence-corrected chi connectivity index (χ4v) is 4.95. The van der Waals surface area contributed by atoms with Gasteiger partial charge in [-0.2, -0.15) is 0 Å². The molecular formula is C27H36N4O7. The summed E-state index contributed by atoms with van der Waals surface area (Å²) < 4.78 is 11.3. The van der Waals surface area contributed by atoms with Gasteiger partial charge in [-0.25, -0.2) is 4.79 Å². The molecule has 1 aromatic rings. The second kappa shape index (κ2) is 11.5. The van der Waals surface area contributed by atoms with Gasteiger partial charge in [0.05, 0.1) is 30.4 Å². The Morgan fingerprint density at radius 1 is 1.13 bits per heavy atom. The number of fused-ring (bicyclic) bond motifs is 1. The van der Waals surface area contributed by atoms with Gasteiger partial charge in [0, 0.05) is 25.2 Å². The van der Waals surface area contributed by atoms with Crippen molar-refractivity contribution in [2.45, 2.75) is 77.0 Å². The van der Waals surface area contributed by atoms with Gasteiger partial charge in [0.15, 0.2) is 0 Å². The molecule has 2 saturated heterocycles. The molecule has 38 heavy (non-hydrogen) atoms. The molecule has 4 rings (SSSR count). The Hall–Kier alpha value is -3.47. The molecule has 2 atom stereocenters. The molecule has 2 fully saturated rings. The third kappa shape index (κ3) is 6.32. The summed E-state index contributed by atoms with van der Waals surface area (Å²) >= 11 is 0.